The standard InChI is InChI=1S/C12H10Cl4S3/c1-3-5-7(13)11(17-9(5)15)19-12-8(14)6(4-2)10(16)18-12/h3-4H2,1-2H3. The van der Waals surface area contributed by atoms with Crippen LogP contribution < -0.4 is 0 Å². The van der Waals surface area contributed by atoms with Gasteiger partial charge in [0.1, 0.15) is 0 Å². The first-order valence-corrected chi connectivity index (χ1v) is 9.56. The van der Waals surface area contributed by atoms with E-state index < -0.39 is 0 Å². The zero-order valence-corrected chi connectivity index (χ0v) is 15.6. The van der Waals surface area contributed by atoms with Crippen LogP contribution in [0.4, 0.5) is 0 Å². The van der Waals surface area contributed by atoms with Crippen molar-refractivity contribution in [2.45, 2.75) is 35.1 Å². The largest absolute Gasteiger partial charge is 0.115 e. The van der Waals surface area contributed by atoms with E-state index in [1.807, 2.05) is 13.8 Å². The average Bonchev–Trinajstić information content (AvgIpc) is 2.78. The maximum atomic E-state index is 6.35. The third kappa shape index (κ3) is 3.23. The molecule has 0 atom stereocenters. The zero-order chi connectivity index (χ0) is 14.2. The van der Waals surface area contributed by atoms with E-state index >= 15 is 0 Å². The summed E-state index contributed by atoms with van der Waals surface area (Å²) in [4.78, 5) is 0. The maximum absolute atomic E-state index is 6.35. The highest BCUT2D eigenvalue weighted by Gasteiger charge is 2.20. The summed E-state index contributed by atoms with van der Waals surface area (Å²) in [6.45, 7) is 4.08. The van der Waals surface area contributed by atoms with Crippen LogP contribution in [0.15, 0.2) is 8.42 Å². The van der Waals surface area contributed by atoms with Gasteiger partial charge in [-0.1, -0.05) is 72.0 Å². The van der Waals surface area contributed by atoms with E-state index in [-0.39, 0.29) is 0 Å². The Bertz CT molecular complexity index is 548. The van der Waals surface area contributed by atoms with Crippen molar-refractivity contribution in [2.24, 2.45) is 0 Å². The Balaban J connectivity index is 2.37. The Morgan fingerprint density at radius 2 is 1.16 bits per heavy atom. The van der Waals surface area contributed by atoms with E-state index in [1.165, 1.54) is 22.7 Å². The summed E-state index contributed by atoms with van der Waals surface area (Å²) in [6, 6.07) is 0. The number of halogens is 4. The zero-order valence-electron chi connectivity index (χ0n) is 10.2. The number of rotatable bonds is 4. The molecule has 0 amide bonds. The lowest BCUT2D eigenvalue weighted by Gasteiger charge is -1.98. The number of hydrogen-bond acceptors (Lipinski definition) is 3. The van der Waals surface area contributed by atoms with E-state index in [0.717, 1.165) is 51.1 Å². The minimum Gasteiger partial charge on any atom is -0.115 e. The summed E-state index contributed by atoms with van der Waals surface area (Å²) >= 11 is 29.6. The minimum atomic E-state index is 0.737. The molecule has 0 unspecified atom stereocenters. The summed E-state index contributed by atoms with van der Waals surface area (Å²) in [5.41, 5.74) is 2.01. The van der Waals surface area contributed by atoms with Crippen LogP contribution in [0, 0.1) is 0 Å². The molecule has 19 heavy (non-hydrogen) atoms. The van der Waals surface area contributed by atoms with E-state index in [2.05, 4.69) is 0 Å². The first kappa shape index (κ1) is 16.3. The van der Waals surface area contributed by atoms with Crippen LogP contribution in [0.2, 0.25) is 18.7 Å². The van der Waals surface area contributed by atoms with Gasteiger partial charge in [0.2, 0.25) is 0 Å². The second kappa shape index (κ2) is 6.78. The van der Waals surface area contributed by atoms with Crippen LogP contribution >= 0.6 is 80.8 Å². The Morgan fingerprint density at radius 1 is 0.789 bits per heavy atom. The van der Waals surface area contributed by atoms with Crippen LogP contribution in [0.25, 0.3) is 0 Å². The normalized spacial score (nSPS) is 11.3. The summed E-state index contributed by atoms with van der Waals surface area (Å²) in [6.07, 6.45) is 1.65. The van der Waals surface area contributed by atoms with Gasteiger partial charge in [-0.2, -0.15) is 0 Å². The van der Waals surface area contributed by atoms with Crippen LogP contribution in [-0.4, -0.2) is 0 Å². The van der Waals surface area contributed by atoms with Gasteiger partial charge in [0.15, 0.2) is 0 Å². The molecule has 0 N–H and O–H groups in total. The summed E-state index contributed by atoms with van der Waals surface area (Å²) in [7, 11) is 0. The van der Waals surface area contributed by atoms with Gasteiger partial charge in [-0.3, -0.25) is 0 Å². The van der Waals surface area contributed by atoms with Gasteiger partial charge in [-0.05, 0) is 12.8 Å². The number of hydrogen-bond donors (Lipinski definition) is 0. The molecule has 2 aromatic rings. The smallest absolute Gasteiger partial charge is 0.0987 e. The Hall–Kier alpha value is 0.910. The van der Waals surface area contributed by atoms with Gasteiger partial charge in [0.25, 0.3) is 0 Å². The van der Waals surface area contributed by atoms with E-state index in [9.17, 15) is 0 Å². The highest BCUT2D eigenvalue weighted by molar-refractivity contribution is 8.03. The molecule has 0 radical (unpaired) electrons. The van der Waals surface area contributed by atoms with E-state index in [4.69, 9.17) is 46.4 Å². The van der Waals surface area contributed by atoms with Crippen LogP contribution in [0.1, 0.15) is 25.0 Å². The second-order valence-electron chi connectivity index (χ2n) is 3.72. The molecule has 0 aliphatic carbocycles. The second-order valence-corrected chi connectivity index (χ2v) is 9.26. The fourth-order valence-corrected chi connectivity index (χ4v) is 7.50. The molecule has 0 bridgehead atoms. The van der Waals surface area contributed by atoms with Crippen LogP contribution in [-0.2, 0) is 12.8 Å². The van der Waals surface area contributed by atoms with Gasteiger partial charge >= 0.3 is 0 Å². The predicted octanol–water partition coefficient (Wildman–Crippen LogP) is 7.70. The van der Waals surface area contributed by atoms with Gasteiger partial charge in [0.05, 0.1) is 27.1 Å². The Kier molecular flexibility index (Phi) is 5.81. The molecule has 104 valence electrons. The topological polar surface area (TPSA) is 0 Å². The summed E-state index contributed by atoms with van der Waals surface area (Å²) < 4.78 is 3.46. The lowest BCUT2D eigenvalue weighted by molar-refractivity contribution is 1.15. The van der Waals surface area contributed by atoms with Gasteiger partial charge < -0.3 is 0 Å². The van der Waals surface area contributed by atoms with Crippen molar-refractivity contribution in [1.29, 1.82) is 0 Å². The molecule has 2 heterocycles. The van der Waals surface area contributed by atoms with Crippen molar-refractivity contribution >= 4 is 80.8 Å². The lowest BCUT2D eigenvalue weighted by atomic mass is 10.3. The fourth-order valence-electron chi connectivity index (χ4n) is 1.60. The van der Waals surface area contributed by atoms with Crippen molar-refractivity contribution in [3.8, 4) is 0 Å². The first-order valence-electron chi connectivity index (χ1n) is 5.60. The molecule has 2 rings (SSSR count). The summed E-state index contributed by atoms with van der Waals surface area (Å²) in [5.74, 6) is 0. The molecule has 0 aliphatic rings. The van der Waals surface area contributed by atoms with Crippen LogP contribution in [0.5, 0.6) is 0 Å². The Morgan fingerprint density at radius 3 is 1.42 bits per heavy atom. The molecule has 0 aromatic carbocycles. The minimum absolute atomic E-state index is 0.737. The van der Waals surface area contributed by atoms with Gasteiger partial charge in [0, 0.05) is 11.1 Å². The van der Waals surface area contributed by atoms with Crippen molar-refractivity contribution in [1.82, 2.24) is 0 Å². The molecule has 7 heteroatoms. The highest BCUT2D eigenvalue weighted by atomic mass is 35.5. The van der Waals surface area contributed by atoms with E-state index in [1.54, 1.807) is 11.8 Å². The molecular weight excluding hydrogens is 382 g/mol. The predicted molar refractivity (Wildman–Crippen MR) is 91.6 cm³/mol. The average molecular weight is 392 g/mol. The molecule has 0 fully saturated rings. The van der Waals surface area contributed by atoms with Gasteiger partial charge in [-0.25, -0.2) is 0 Å². The van der Waals surface area contributed by atoms with Crippen molar-refractivity contribution in [3.63, 3.8) is 0 Å². The highest BCUT2D eigenvalue weighted by Crippen LogP contribution is 2.51. The van der Waals surface area contributed by atoms with Crippen molar-refractivity contribution in [2.75, 3.05) is 0 Å². The van der Waals surface area contributed by atoms with E-state index in [0.29, 0.717) is 0 Å². The molecule has 0 saturated heterocycles. The Labute approximate surface area is 145 Å². The SMILES string of the molecule is CCc1c(Cl)sc(Sc2sc(Cl)c(CC)c2Cl)c1Cl. The first-order chi connectivity index (χ1) is 8.99. The monoisotopic (exact) mass is 390 g/mol. The molecule has 0 saturated carbocycles. The number of thiophene rings is 2. The van der Waals surface area contributed by atoms with Crippen LogP contribution in [0.3, 0.4) is 0 Å². The molecule has 0 spiro atoms. The van der Waals surface area contributed by atoms with Crippen molar-refractivity contribution < 1.29 is 0 Å². The summed E-state index contributed by atoms with van der Waals surface area (Å²) in [5, 5.41) is 1.47. The molecule has 0 nitrogen and oxygen atoms in total. The third-order valence-corrected chi connectivity index (χ3v) is 8.23. The maximum Gasteiger partial charge on any atom is 0.0987 e. The molecule has 0 aliphatic heterocycles. The lowest BCUT2D eigenvalue weighted by Crippen LogP contribution is -1.77. The quantitative estimate of drug-likeness (QED) is 0.514. The molecule has 2 aromatic heterocycles. The third-order valence-electron chi connectivity index (χ3n) is 2.62. The van der Waals surface area contributed by atoms with Crippen molar-refractivity contribution in [3.05, 3.63) is 29.8 Å². The van der Waals surface area contributed by atoms with Gasteiger partial charge in [-0.15, -0.1) is 22.7 Å². The fraction of sp³-hybridized carbons (Fsp3) is 0.333. The molecular formula is C12H10Cl4S3.